The van der Waals surface area contributed by atoms with Crippen LogP contribution in [-0.4, -0.2) is 6.04 Å². The SMILES string of the molecule is C=CCCC[C@@H](CCC)N=[N+]=[N-]. The molecule has 0 fully saturated rings. The van der Waals surface area contributed by atoms with Crippen LogP contribution in [0.5, 0.6) is 0 Å². The molecule has 0 amide bonds. The van der Waals surface area contributed by atoms with Crippen molar-refractivity contribution < 1.29 is 0 Å². The number of azide groups is 1. The molecule has 0 bridgehead atoms. The topological polar surface area (TPSA) is 48.8 Å². The van der Waals surface area contributed by atoms with Crippen LogP contribution in [0.15, 0.2) is 17.8 Å². The van der Waals surface area contributed by atoms with Gasteiger partial charge in [0.05, 0.1) is 0 Å². The highest BCUT2D eigenvalue weighted by Crippen LogP contribution is 2.10. The summed E-state index contributed by atoms with van der Waals surface area (Å²) >= 11 is 0. The molecule has 0 aliphatic carbocycles. The van der Waals surface area contributed by atoms with Crippen molar-refractivity contribution in [3.05, 3.63) is 23.1 Å². The standard InChI is InChI=1S/C9H17N3/c1-3-5-6-8-9(7-4-2)11-12-10/h3,9H,1,4-8H2,2H3/t9-/m1/s1. The summed E-state index contributed by atoms with van der Waals surface area (Å²) in [6.45, 7) is 5.75. The minimum absolute atomic E-state index is 0.194. The molecule has 0 aromatic heterocycles. The first kappa shape index (κ1) is 11.1. The normalized spacial score (nSPS) is 11.8. The molecule has 0 rings (SSSR count). The van der Waals surface area contributed by atoms with E-state index in [1.54, 1.807) is 0 Å². The minimum atomic E-state index is 0.194. The first-order valence-electron chi connectivity index (χ1n) is 4.50. The molecule has 68 valence electrons. The van der Waals surface area contributed by atoms with Gasteiger partial charge in [-0.05, 0) is 31.2 Å². The fraction of sp³-hybridized carbons (Fsp3) is 0.778. The first-order valence-corrected chi connectivity index (χ1v) is 4.50. The second-order valence-electron chi connectivity index (χ2n) is 2.87. The Hall–Kier alpha value is -0.950. The van der Waals surface area contributed by atoms with Crippen LogP contribution >= 0.6 is 0 Å². The Balaban J connectivity index is 3.62. The summed E-state index contributed by atoms with van der Waals surface area (Å²) in [5.74, 6) is 0. The molecule has 0 aliphatic rings. The third-order valence-electron chi connectivity index (χ3n) is 1.78. The predicted octanol–water partition coefficient (Wildman–Crippen LogP) is 3.82. The van der Waals surface area contributed by atoms with E-state index in [1.165, 1.54) is 0 Å². The van der Waals surface area contributed by atoms with Crippen LogP contribution in [0.25, 0.3) is 10.4 Å². The smallest absolute Gasteiger partial charge is 0.0374 e. The van der Waals surface area contributed by atoms with E-state index >= 15 is 0 Å². The molecule has 0 aromatic carbocycles. The molecule has 0 N–H and O–H groups in total. The Morgan fingerprint density at radius 2 is 2.33 bits per heavy atom. The van der Waals surface area contributed by atoms with Crippen molar-refractivity contribution in [2.24, 2.45) is 5.11 Å². The molecule has 3 heteroatoms. The van der Waals surface area contributed by atoms with E-state index in [2.05, 4.69) is 23.5 Å². The van der Waals surface area contributed by atoms with Crippen LogP contribution < -0.4 is 0 Å². The maximum atomic E-state index is 8.26. The van der Waals surface area contributed by atoms with E-state index in [-0.39, 0.29) is 6.04 Å². The largest absolute Gasteiger partial charge is 0.103 e. The second kappa shape index (κ2) is 8.15. The average Bonchev–Trinajstić information content (AvgIpc) is 2.06. The zero-order valence-corrected chi connectivity index (χ0v) is 7.74. The van der Waals surface area contributed by atoms with Gasteiger partial charge in [0.15, 0.2) is 0 Å². The van der Waals surface area contributed by atoms with Crippen LogP contribution in [-0.2, 0) is 0 Å². The van der Waals surface area contributed by atoms with E-state index in [0.717, 1.165) is 32.1 Å². The van der Waals surface area contributed by atoms with Crippen LogP contribution in [0, 0.1) is 0 Å². The van der Waals surface area contributed by atoms with Gasteiger partial charge in [-0.2, -0.15) is 0 Å². The minimum Gasteiger partial charge on any atom is -0.103 e. The van der Waals surface area contributed by atoms with Crippen LogP contribution in [0.1, 0.15) is 39.0 Å². The van der Waals surface area contributed by atoms with E-state index in [4.69, 9.17) is 5.53 Å². The highest BCUT2D eigenvalue weighted by Gasteiger charge is 2.02. The summed E-state index contributed by atoms with van der Waals surface area (Å²) in [6, 6.07) is 0.194. The first-order chi connectivity index (χ1) is 5.85. The number of allylic oxidation sites excluding steroid dienone is 1. The Bertz CT molecular complexity index is 159. The number of rotatable bonds is 7. The molecule has 0 saturated carbocycles. The fourth-order valence-electron chi connectivity index (χ4n) is 1.16. The van der Waals surface area contributed by atoms with Crippen molar-refractivity contribution in [1.29, 1.82) is 0 Å². The van der Waals surface area contributed by atoms with E-state index in [9.17, 15) is 0 Å². The molecule has 3 nitrogen and oxygen atoms in total. The van der Waals surface area contributed by atoms with Crippen LogP contribution in [0.3, 0.4) is 0 Å². The summed E-state index contributed by atoms with van der Waals surface area (Å²) in [6.07, 6.45) is 7.07. The summed E-state index contributed by atoms with van der Waals surface area (Å²) in [7, 11) is 0. The molecule has 0 radical (unpaired) electrons. The Kier molecular flexibility index (Phi) is 7.50. The van der Waals surface area contributed by atoms with Crippen LogP contribution in [0.4, 0.5) is 0 Å². The van der Waals surface area contributed by atoms with E-state index < -0.39 is 0 Å². The van der Waals surface area contributed by atoms with Gasteiger partial charge < -0.3 is 0 Å². The van der Waals surface area contributed by atoms with Gasteiger partial charge in [-0.1, -0.05) is 24.5 Å². The molecule has 0 saturated heterocycles. The van der Waals surface area contributed by atoms with Crippen molar-refractivity contribution in [2.45, 2.75) is 45.1 Å². The molecule has 0 spiro atoms. The summed E-state index contributed by atoms with van der Waals surface area (Å²) in [5, 5.41) is 3.73. The monoisotopic (exact) mass is 167 g/mol. The summed E-state index contributed by atoms with van der Waals surface area (Å²) in [5.41, 5.74) is 8.26. The molecule has 0 heterocycles. The summed E-state index contributed by atoms with van der Waals surface area (Å²) in [4.78, 5) is 2.83. The zero-order chi connectivity index (χ0) is 9.23. The lowest BCUT2D eigenvalue weighted by atomic mass is 10.1. The van der Waals surface area contributed by atoms with Gasteiger partial charge >= 0.3 is 0 Å². The van der Waals surface area contributed by atoms with Gasteiger partial charge in [-0.15, -0.1) is 6.58 Å². The van der Waals surface area contributed by atoms with Gasteiger partial charge in [0, 0.05) is 11.0 Å². The van der Waals surface area contributed by atoms with Crippen molar-refractivity contribution in [3.63, 3.8) is 0 Å². The van der Waals surface area contributed by atoms with Gasteiger partial charge in [-0.3, -0.25) is 0 Å². The fourth-order valence-corrected chi connectivity index (χ4v) is 1.16. The highest BCUT2D eigenvalue weighted by atomic mass is 15.1. The molecule has 12 heavy (non-hydrogen) atoms. The van der Waals surface area contributed by atoms with E-state index in [1.807, 2.05) is 6.08 Å². The number of nitrogens with zero attached hydrogens (tertiary/aromatic N) is 3. The van der Waals surface area contributed by atoms with Gasteiger partial charge in [0.25, 0.3) is 0 Å². The summed E-state index contributed by atoms with van der Waals surface area (Å²) < 4.78 is 0. The number of unbranched alkanes of at least 4 members (excludes halogenated alkanes) is 1. The zero-order valence-electron chi connectivity index (χ0n) is 7.74. The lowest BCUT2D eigenvalue weighted by molar-refractivity contribution is 0.540. The molecule has 1 atom stereocenters. The average molecular weight is 167 g/mol. The van der Waals surface area contributed by atoms with Crippen molar-refractivity contribution in [1.82, 2.24) is 0 Å². The van der Waals surface area contributed by atoms with Gasteiger partial charge in [-0.25, -0.2) is 0 Å². The molecule has 0 unspecified atom stereocenters. The van der Waals surface area contributed by atoms with Crippen molar-refractivity contribution in [3.8, 4) is 0 Å². The highest BCUT2D eigenvalue weighted by molar-refractivity contribution is 4.71. The maximum Gasteiger partial charge on any atom is 0.0374 e. The quantitative estimate of drug-likeness (QED) is 0.182. The molecular formula is C9H17N3. The van der Waals surface area contributed by atoms with Crippen molar-refractivity contribution in [2.75, 3.05) is 0 Å². The van der Waals surface area contributed by atoms with Gasteiger partial charge in [0.1, 0.15) is 0 Å². The van der Waals surface area contributed by atoms with Crippen molar-refractivity contribution >= 4 is 0 Å². The van der Waals surface area contributed by atoms with E-state index in [0.29, 0.717) is 0 Å². The molecule has 0 aromatic rings. The Morgan fingerprint density at radius 1 is 1.58 bits per heavy atom. The van der Waals surface area contributed by atoms with Crippen LogP contribution in [0.2, 0.25) is 0 Å². The number of hydrogen-bond acceptors (Lipinski definition) is 1. The Labute approximate surface area is 74.1 Å². The third-order valence-corrected chi connectivity index (χ3v) is 1.78. The third kappa shape index (κ3) is 5.81. The maximum absolute atomic E-state index is 8.26. The second-order valence-corrected chi connectivity index (χ2v) is 2.87. The Morgan fingerprint density at radius 3 is 2.83 bits per heavy atom. The lowest BCUT2D eigenvalue weighted by Gasteiger charge is -2.07. The molecular weight excluding hydrogens is 150 g/mol. The predicted molar refractivity (Wildman–Crippen MR) is 51.9 cm³/mol. The molecule has 0 aliphatic heterocycles. The number of hydrogen-bond donors (Lipinski definition) is 0. The lowest BCUT2D eigenvalue weighted by Crippen LogP contribution is -2.01. The van der Waals surface area contributed by atoms with Gasteiger partial charge in [0.2, 0.25) is 0 Å².